The zero-order valence-electron chi connectivity index (χ0n) is 9.46. The summed E-state index contributed by atoms with van der Waals surface area (Å²) < 4.78 is 39.5. The highest BCUT2D eigenvalue weighted by atomic mass is 19.4. The molecule has 3 nitrogen and oxygen atoms in total. The Morgan fingerprint density at radius 2 is 1.89 bits per heavy atom. The highest BCUT2D eigenvalue weighted by Crippen LogP contribution is 2.32. The largest absolute Gasteiger partial charge is 0.573 e. The Labute approximate surface area is 102 Å². The molecule has 1 N–H and O–H groups in total. The lowest BCUT2D eigenvalue weighted by Crippen LogP contribution is -2.17. The molecule has 2 rings (SSSR count). The zero-order chi connectivity index (χ0) is 13.2. The highest BCUT2D eigenvalue weighted by molar-refractivity contribution is 5.91. The van der Waals surface area contributed by atoms with Crippen molar-refractivity contribution in [3.8, 4) is 5.75 Å². The van der Waals surface area contributed by atoms with Gasteiger partial charge in [0.2, 0.25) is 5.91 Å². The molecule has 18 heavy (non-hydrogen) atoms. The molecule has 0 aromatic heterocycles. The van der Waals surface area contributed by atoms with E-state index in [0.29, 0.717) is 18.0 Å². The fraction of sp³-hybridized carbons (Fsp3) is 0.417. The van der Waals surface area contributed by atoms with E-state index in [9.17, 15) is 18.0 Å². The molecule has 0 aliphatic heterocycles. The Morgan fingerprint density at radius 3 is 2.39 bits per heavy atom. The van der Waals surface area contributed by atoms with Crippen LogP contribution in [0.3, 0.4) is 0 Å². The highest BCUT2D eigenvalue weighted by Gasteiger charge is 2.31. The Balaban J connectivity index is 1.88. The molecule has 0 atom stereocenters. The first kappa shape index (κ1) is 12.7. The minimum atomic E-state index is -4.70. The van der Waals surface area contributed by atoms with E-state index in [0.717, 1.165) is 12.8 Å². The van der Waals surface area contributed by atoms with Crippen LogP contribution >= 0.6 is 0 Å². The standard InChI is InChI=1S/C12H12F3NO2/c13-12(14,15)18-10-5-3-9(4-6-10)16-11(17)7-8-1-2-8/h3-6,8H,1-2,7H2,(H,16,17). The van der Waals surface area contributed by atoms with Crippen molar-refractivity contribution in [3.63, 3.8) is 0 Å². The van der Waals surface area contributed by atoms with E-state index in [1.54, 1.807) is 0 Å². The first-order chi connectivity index (χ1) is 8.42. The van der Waals surface area contributed by atoms with Crippen molar-refractivity contribution in [2.24, 2.45) is 5.92 Å². The van der Waals surface area contributed by atoms with Crippen molar-refractivity contribution in [1.82, 2.24) is 0 Å². The third kappa shape index (κ3) is 4.27. The van der Waals surface area contributed by atoms with Gasteiger partial charge in [-0.05, 0) is 43.0 Å². The van der Waals surface area contributed by atoms with E-state index in [1.165, 1.54) is 24.3 Å². The van der Waals surface area contributed by atoms with E-state index < -0.39 is 6.36 Å². The van der Waals surface area contributed by atoms with Gasteiger partial charge in [0, 0.05) is 12.1 Å². The van der Waals surface area contributed by atoms with Crippen LogP contribution in [0.4, 0.5) is 18.9 Å². The van der Waals surface area contributed by atoms with E-state index in [4.69, 9.17) is 0 Å². The van der Waals surface area contributed by atoms with Gasteiger partial charge in [-0.2, -0.15) is 0 Å². The molecule has 1 amide bonds. The van der Waals surface area contributed by atoms with E-state index >= 15 is 0 Å². The molecule has 0 bridgehead atoms. The molecule has 0 unspecified atom stereocenters. The SMILES string of the molecule is O=C(CC1CC1)Nc1ccc(OC(F)(F)F)cc1. The van der Waals surface area contributed by atoms with Crippen LogP contribution in [0.1, 0.15) is 19.3 Å². The van der Waals surface area contributed by atoms with Crippen LogP contribution in [0.5, 0.6) is 5.75 Å². The molecule has 1 aromatic rings. The lowest BCUT2D eigenvalue weighted by molar-refractivity contribution is -0.274. The average Bonchev–Trinajstić information content (AvgIpc) is 3.02. The normalized spacial score (nSPS) is 15.3. The van der Waals surface area contributed by atoms with Gasteiger partial charge in [0.15, 0.2) is 0 Å². The van der Waals surface area contributed by atoms with E-state index in [-0.39, 0.29) is 11.7 Å². The number of carbonyl (C=O) groups excluding carboxylic acids is 1. The number of nitrogens with one attached hydrogen (secondary N) is 1. The quantitative estimate of drug-likeness (QED) is 0.900. The minimum Gasteiger partial charge on any atom is -0.406 e. The number of ether oxygens (including phenoxy) is 1. The maximum absolute atomic E-state index is 11.9. The van der Waals surface area contributed by atoms with Crippen molar-refractivity contribution in [3.05, 3.63) is 24.3 Å². The first-order valence-electron chi connectivity index (χ1n) is 5.58. The van der Waals surface area contributed by atoms with Crippen molar-refractivity contribution in [1.29, 1.82) is 0 Å². The maximum Gasteiger partial charge on any atom is 0.573 e. The molecule has 0 radical (unpaired) electrons. The summed E-state index contributed by atoms with van der Waals surface area (Å²) in [5.41, 5.74) is 0.468. The van der Waals surface area contributed by atoms with E-state index in [1.807, 2.05) is 0 Å². The molecule has 1 fully saturated rings. The summed E-state index contributed by atoms with van der Waals surface area (Å²) in [6, 6.07) is 5.10. The van der Waals surface area contributed by atoms with Gasteiger partial charge in [0.05, 0.1) is 0 Å². The lowest BCUT2D eigenvalue weighted by atomic mass is 10.2. The second kappa shape index (κ2) is 4.88. The van der Waals surface area contributed by atoms with Crippen LogP contribution in [0, 0.1) is 5.92 Å². The molecule has 98 valence electrons. The van der Waals surface area contributed by atoms with Crippen LogP contribution in [-0.4, -0.2) is 12.3 Å². The number of amides is 1. The number of halogens is 3. The summed E-state index contributed by atoms with van der Waals surface area (Å²) in [6.45, 7) is 0. The number of carbonyl (C=O) groups is 1. The van der Waals surface area contributed by atoms with Gasteiger partial charge in [-0.1, -0.05) is 0 Å². The number of rotatable bonds is 4. The first-order valence-corrected chi connectivity index (χ1v) is 5.58. The van der Waals surface area contributed by atoms with Crippen molar-refractivity contribution in [2.45, 2.75) is 25.6 Å². The molecular weight excluding hydrogens is 247 g/mol. The number of anilines is 1. The average molecular weight is 259 g/mol. The van der Waals surface area contributed by atoms with Crippen molar-refractivity contribution < 1.29 is 22.7 Å². The fourth-order valence-corrected chi connectivity index (χ4v) is 1.54. The van der Waals surface area contributed by atoms with Crippen LogP contribution < -0.4 is 10.1 Å². The Kier molecular flexibility index (Phi) is 3.45. The summed E-state index contributed by atoms with van der Waals surface area (Å²) >= 11 is 0. The summed E-state index contributed by atoms with van der Waals surface area (Å²) in [6.07, 6.45) is -2.07. The predicted octanol–water partition coefficient (Wildman–Crippen LogP) is 3.32. The molecule has 6 heteroatoms. The van der Waals surface area contributed by atoms with Gasteiger partial charge in [0.25, 0.3) is 0 Å². The smallest absolute Gasteiger partial charge is 0.406 e. The third-order valence-electron chi connectivity index (χ3n) is 2.54. The van der Waals surface area contributed by atoms with Crippen molar-refractivity contribution >= 4 is 11.6 Å². The van der Waals surface area contributed by atoms with Gasteiger partial charge < -0.3 is 10.1 Å². The third-order valence-corrected chi connectivity index (χ3v) is 2.54. The topological polar surface area (TPSA) is 38.3 Å². The molecule has 1 aromatic carbocycles. The zero-order valence-corrected chi connectivity index (χ0v) is 9.46. The van der Waals surface area contributed by atoms with Gasteiger partial charge in [-0.15, -0.1) is 13.2 Å². The van der Waals surface area contributed by atoms with Gasteiger partial charge >= 0.3 is 6.36 Å². The van der Waals surface area contributed by atoms with E-state index in [2.05, 4.69) is 10.1 Å². The molecular formula is C12H12F3NO2. The number of hydrogen-bond donors (Lipinski definition) is 1. The number of alkyl halides is 3. The predicted molar refractivity (Wildman–Crippen MR) is 59.1 cm³/mol. The van der Waals surface area contributed by atoms with Crippen LogP contribution in [0.25, 0.3) is 0 Å². The Hall–Kier alpha value is -1.72. The Morgan fingerprint density at radius 1 is 1.28 bits per heavy atom. The lowest BCUT2D eigenvalue weighted by Gasteiger charge is -2.09. The summed E-state index contributed by atoms with van der Waals surface area (Å²) in [5.74, 6) is 0.0579. The van der Waals surface area contributed by atoms with Crippen molar-refractivity contribution in [2.75, 3.05) is 5.32 Å². The second-order valence-corrected chi connectivity index (χ2v) is 4.27. The number of hydrogen-bond acceptors (Lipinski definition) is 2. The van der Waals surface area contributed by atoms with Gasteiger partial charge in [0.1, 0.15) is 5.75 Å². The van der Waals surface area contributed by atoms with Gasteiger partial charge in [-0.3, -0.25) is 4.79 Å². The van der Waals surface area contributed by atoms with Crippen LogP contribution in [0.15, 0.2) is 24.3 Å². The number of benzene rings is 1. The second-order valence-electron chi connectivity index (χ2n) is 4.27. The Bertz CT molecular complexity index is 424. The minimum absolute atomic E-state index is 0.109. The van der Waals surface area contributed by atoms with Crippen LogP contribution in [0.2, 0.25) is 0 Å². The summed E-state index contributed by atoms with van der Waals surface area (Å²) in [7, 11) is 0. The summed E-state index contributed by atoms with van der Waals surface area (Å²) in [4.78, 5) is 11.5. The molecule has 1 aliphatic carbocycles. The molecule has 1 aliphatic rings. The molecule has 0 heterocycles. The molecule has 1 saturated carbocycles. The fourth-order valence-electron chi connectivity index (χ4n) is 1.54. The van der Waals surface area contributed by atoms with Crippen LogP contribution in [-0.2, 0) is 4.79 Å². The molecule has 0 saturated heterocycles. The van der Waals surface area contributed by atoms with Gasteiger partial charge in [-0.25, -0.2) is 0 Å². The monoisotopic (exact) mass is 259 g/mol. The molecule has 0 spiro atoms. The maximum atomic E-state index is 11.9. The summed E-state index contributed by atoms with van der Waals surface area (Å²) in [5, 5.41) is 2.63.